The lowest BCUT2D eigenvalue weighted by Gasteiger charge is -2.19. The molecule has 4 aromatic heterocycles. The van der Waals surface area contributed by atoms with Gasteiger partial charge in [0.1, 0.15) is 33.2 Å². The number of thiazole rings is 1. The van der Waals surface area contributed by atoms with Crippen molar-refractivity contribution in [2.24, 2.45) is 0 Å². The Hall–Kier alpha value is -3.29. The van der Waals surface area contributed by atoms with Crippen molar-refractivity contribution in [3.05, 3.63) is 74.6 Å². The standard InChI is InChI=1S/C24H25Cl2N9O2S/c1-12(32-21(37)17-16(26)19(31-11-30-17)33-13-5-7-27-8-6-13)22-28-10-15(38-22)20(36)35-23-29-9-14(25)18(34-23)24(2,3)4/h5-12,21,32,37H,1-4H3,(H,27,30,31,33)(H,29,34,35,36). The summed E-state index contributed by atoms with van der Waals surface area (Å²) in [6, 6.07) is 3.08. The molecule has 1 amide bonds. The SMILES string of the molecule is CC(NC(O)c1ncnc(Nc2ccncc2)c1Cl)c1ncc(C(=O)Nc2ncc(Cl)c(C(C)(C)C)n2)s1. The molecule has 2 unspecified atom stereocenters. The highest BCUT2D eigenvalue weighted by Gasteiger charge is 2.24. The van der Waals surface area contributed by atoms with Gasteiger partial charge in [0, 0.05) is 23.5 Å². The fourth-order valence-electron chi connectivity index (χ4n) is 3.33. The van der Waals surface area contributed by atoms with Crippen LogP contribution in [0, 0.1) is 0 Å². The van der Waals surface area contributed by atoms with Crippen molar-refractivity contribution < 1.29 is 9.90 Å². The van der Waals surface area contributed by atoms with Gasteiger partial charge in [-0.25, -0.2) is 24.9 Å². The number of hydrogen-bond donors (Lipinski definition) is 4. The summed E-state index contributed by atoms with van der Waals surface area (Å²) in [5.74, 6) is 0.0772. The van der Waals surface area contributed by atoms with Crippen molar-refractivity contribution >= 4 is 57.9 Å². The molecule has 0 aliphatic heterocycles. The van der Waals surface area contributed by atoms with E-state index in [1.165, 1.54) is 30.1 Å². The maximum atomic E-state index is 12.8. The molecule has 38 heavy (non-hydrogen) atoms. The summed E-state index contributed by atoms with van der Waals surface area (Å²) in [5.41, 5.74) is 1.23. The lowest BCUT2D eigenvalue weighted by atomic mass is 9.92. The monoisotopic (exact) mass is 573 g/mol. The molecular formula is C24H25Cl2N9O2S. The van der Waals surface area contributed by atoms with Crippen LogP contribution < -0.4 is 16.0 Å². The lowest BCUT2D eigenvalue weighted by Crippen LogP contribution is -2.25. The van der Waals surface area contributed by atoms with Gasteiger partial charge >= 0.3 is 0 Å². The number of nitrogens with zero attached hydrogens (tertiary/aromatic N) is 6. The minimum absolute atomic E-state index is 0.149. The number of aromatic nitrogens is 6. The average Bonchev–Trinajstić information content (AvgIpc) is 3.37. The van der Waals surface area contributed by atoms with Gasteiger partial charge in [-0.3, -0.25) is 20.4 Å². The fraction of sp³-hybridized carbons (Fsp3) is 0.292. The number of amides is 1. The summed E-state index contributed by atoms with van der Waals surface area (Å²) < 4.78 is 0. The molecule has 0 saturated heterocycles. The van der Waals surface area contributed by atoms with E-state index in [1.807, 2.05) is 20.8 Å². The van der Waals surface area contributed by atoms with Crippen molar-refractivity contribution in [3.63, 3.8) is 0 Å². The number of rotatable bonds is 8. The summed E-state index contributed by atoms with van der Waals surface area (Å²) in [6.45, 7) is 7.71. The molecule has 0 saturated carbocycles. The van der Waals surface area contributed by atoms with Crippen molar-refractivity contribution in [2.75, 3.05) is 10.6 Å². The van der Waals surface area contributed by atoms with E-state index >= 15 is 0 Å². The molecule has 0 radical (unpaired) electrons. The maximum Gasteiger partial charge on any atom is 0.269 e. The second-order valence-electron chi connectivity index (χ2n) is 9.23. The van der Waals surface area contributed by atoms with Gasteiger partial charge in [0.15, 0.2) is 5.82 Å². The van der Waals surface area contributed by atoms with Crippen LogP contribution in [0.15, 0.2) is 43.2 Å². The molecule has 4 N–H and O–H groups in total. The van der Waals surface area contributed by atoms with Gasteiger partial charge in [-0.1, -0.05) is 44.0 Å². The molecule has 0 aliphatic rings. The quantitative estimate of drug-likeness (QED) is 0.210. The molecule has 11 nitrogen and oxygen atoms in total. The van der Waals surface area contributed by atoms with Gasteiger partial charge in [0.05, 0.1) is 29.2 Å². The van der Waals surface area contributed by atoms with E-state index in [9.17, 15) is 9.90 Å². The molecule has 14 heteroatoms. The second kappa shape index (κ2) is 11.6. The highest BCUT2D eigenvalue weighted by molar-refractivity contribution is 7.13. The second-order valence-corrected chi connectivity index (χ2v) is 11.1. The molecule has 4 heterocycles. The van der Waals surface area contributed by atoms with E-state index in [4.69, 9.17) is 23.2 Å². The van der Waals surface area contributed by atoms with E-state index < -0.39 is 18.2 Å². The number of pyridine rings is 1. The van der Waals surface area contributed by atoms with Gasteiger partial charge in [-0.15, -0.1) is 11.3 Å². The number of carbonyl (C=O) groups is 1. The molecule has 0 spiro atoms. The Labute approximate surface area is 233 Å². The Morgan fingerprint density at radius 3 is 2.53 bits per heavy atom. The van der Waals surface area contributed by atoms with Crippen LogP contribution in [0.1, 0.15) is 66.0 Å². The van der Waals surface area contributed by atoms with Crippen LogP contribution in [0.4, 0.5) is 17.5 Å². The molecule has 198 valence electrons. The van der Waals surface area contributed by atoms with Crippen LogP contribution in [-0.4, -0.2) is 40.9 Å². The van der Waals surface area contributed by atoms with Gasteiger partial charge in [-0.2, -0.15) is 0 Å². The van der Waals surface area contributed by atoms with Crippen LogP contribution in [0.2, 0.25) is 10.0 Å². The Morgan fingerprint density at radius 1 is 1.08 bits per heavy atom. The molecule has 4 aromatic rings. The van der Waals surface area contributed by atoms with Crippen LogP contribution in [0.5, 0.6) is 0 Å². The Bertz CT molecular complexity index is 1430. The minimum Gasteiger partial charge on any atom is -0.373 e. The molecular weight excluding hydrogens is 549 g/mol. The number of nitrogens with one attached hydrogen (secondary N) is 3. The zero-order valence-corrected chi connectivity index (χ0v) is 23.2. The van der Waals surface area contributed by atoms with E-state index in [0.29, 0.717) is 26.4 Å². The predicted molar refractivity (Wildman–Crippen MR) is 147 cm³/mol. The summed E-state index contributed by atoms with van der Waals surface area (Å²) in [4.78, 5) is 38.2. The molecule has 0 bridgehead atoms. The largest absolute Gasteiger partial charge is 0.373 e. The first-order chi connectivity index (χ1) is 18.0. The highest BCUT2D eigenvalue weighted by Crippen LogP contribution is 2.30. The Balaban J connectivity index is 1.42. The molecule has 4 rings (SSSR count). The molecule has 0 aliphatic carbocycles. The smallest absolute Gasteiger partial charge is 0.269 e. The first kappa shape index (κ1) is 27.7. The van der Waals surface area contributed by atoms with E-state index in [0.717, 1.165) is 5.69 Å². The Morgan fingerprint density at radius 2 is 1.82 bits per heavy atom. The number of aliphatic hydroxyl groups is 1. The number of hydrogen-bond acceptors (Lipinski definition) is 11. The summed E-state index contributed by atoms with van der Waals surface area (Å²) in [6.07, 6.45) is 6.25. The predicted octanol–water partition coefficient (Wildman–Crippen LogP) is 5.06. The molecule has 0 aromatic carbocycles. The third-order valence-electron chi connectivity index (χ3n) is 5.22. The molecule has 0 fully saturated rings. The van der Waals surface area contributed by atoms with E-state index in [-0.39, 0.29) is 22.1 Å². The maximum absolute atomic E-state index is 12.8. The zero-order chi connectivity index (χ0) is 27.4. The summed E-state index contributed by atoms with van der Waals surface area (Å²) in [5, 5.41) is 20.7. The van der Waals surface area contributed by atoms with Crippen molar-refractivity contribution in [2.45, 2.75) is 45.4 Å². The normalized spacial score (nSPS) is 13.1. The summed E-state index contributed by atoms with van der Waals surface area (Å²) >= 11 is 13.8. The minimum atomic E-state index is -1.22. The van der Waals surface area contributed by atoms with Gasteiger partial charge < -0.3 is 10.4 Å². The number of carbonyl (C=O) groups excluding carboxylic acids is 1. The fourth-order valence-corrected chi connectivity index (χ4v) is 4.78. The van der Waals surface area contributed by atoms with Gasteiger partial charge in [0.2, 0.25) is 5.95 Å². The van der Waals surface area contributed by atoms with Gasteiger partial charge in [0.25, 0.3) is 5.91 Å². The van der Waals surface area contributed by atoms with Gasteiger partial charge in [-0.05, 0) is 19.1 Å². The van der Waals surface area contributed by atoms with Crippen molar-refractivity contribution in [3.8, 4) is 0 Å². The molecule has 2 atom stereocenters. The van der Waals surface area contributed by atoms with Crippen LogP contribution in [0.25, 0.3) is 0 Å². The van der Waals surface area contributed by atoms with E-state index in [2.05, 4.69) is 45.9 Å². The third-order valence-corrected chi connectivity index (χ3v) is 7.05. The Kier molecular flexibility index (Phi) is 8.48. The van der Waals surface area contributed by atoms with Crippen molar-refractivity contribution in [1.82, 2.24) is 35.2 Å². The van der Waals surface area contributed by atoms with Crippen LogP contribution in [0.3, 0.4) is 0 Å². The third kappa shape index (κ3) is 6.58. The zero-order valence-electron chi connectivity index (χ0n) is 20.9. The van der Waals surface area contributed by atoms with Crippen LogP contribution in [-0.2, 0) is 5.41 Å². The first-order valence-electron chi connectivity index (χ1n) is 11.4. The summed E-state index contributed by atoms with van der Waals surface area (Å²) in [7, 11) is 0. The number of aliphatic hydroxyl groups excluding tert-OH is 1. The lowest BCUT2D eigenvalue weighted by molar-refractivity contribution is 0.102. The number of halogens is 2. The average molecular weight is 574 g/mol. The van der Waals surface area contributed by atoms with E-state index in [1.54, 1.807) is 31.5 Å². The first-order valence-corrected chi connectivity index (χ1v) is 13.0. The highest BCUT2D eigenvalue weighted by atomic mass is 35.5. The number of anilines is 3. The van der Waals surface area contributed by atoms with Crippen molar-refractivity contribution in [1.29, 1.82) is 0 Å². The topological polar surface area (TPSA) is 151 Å². The van der Waals surface area contributed by atoms with Crippen LogP contribution >= 0.6 is 34.5 Å².